The molecular weight excluding hydrogens is 263 g/mol. The molecule has 14 heavy (non-hydrogen) atoms. The topological polar surface area (TPSA) is 17.8 Å². The van der Waals surface area contributed by atoms with Crippen LogP contribution in [0.5, 0.6) is 0 Å². The van der Waals surface area contributed by atoms with Gasteiger partial charge in [-0.2, -0.15) is 5.10 Å². The van der Waals surface area contributed by atoms with Crippen molar-refractivity contribution >= 4 is 27.5 Å². The molecule has 1 saturated carbocycles. The summed E-state index contributed by atoms with van der Waals surface area (Å²) in [4.78, 5) is 0. The predicted octanol–water partition coefficient (Wildman–Crippen LogP) is 3.45. The maximum absolute atomic E-state index is 6.19. The lowest BCUT2D eigenvalue weighted by molar-refractivity contribution is 0.428. The number of nitrogens with zero attached hydrogens (tertiary/aromatic N) is 2. The molecule has 1 heterocycles. The molecule has 0 bridgehead atoms. The number of aromatic nitrogens is 2. The van der Waals surface area contributed by atoms with Gasteiger partial charge in [0.05, 0.1) is 16.4 Å². The third-order valence-corrected chi connectivity index (χ3v) is 3.94. The zero-order chi connectivity index (χ0) is 10.1. The molecule has 0 radical (unpaired) electrons. The van der Waals surface area contributed by atoms with Gasteiger partial charge < -0.3 is 0 Å². The summed E-state index contributed by atoms with van der Waals surface area (Å²) in [6.07, 6.45) is 6.58. The van der Waals surface area contributed by atoms with E-state index in [9.17, 15) is 0 Å². The van der Waals surface area contributed by atoms with Crippen molar-refractivity contribution in [3.8, 4) is 0 Å². The molecule has 0 amide bonds. The van der Waals surface area contributed by atoms with Gasteiger partial charge in [0.2, 0.25) is 0 Å². The van der Waals surface area contributed by atoms with Crippen molar-refractivity contribution in [2.24, 2.45) is 7.05 Å². The van der Waals surface area contributed by atoms with Crippen LogP contribution in [0.1, 0.15) is 37.3 Å². The molecule has 2 unspecified atom stereocenters. The SMILES string of the molecule is Cn1ncc(Br)c1C1CCCC(Cl)C1. The number of rotatable bonds is 1. The second-order valence-corrected chi connectivity index (χ2v) is 5.43. The number of hydrogen-bond donors (Lipinski definition) is 0. The van der Waals surface area contributed by atoms with E-state index in [0.717, 1.165) is 17.3 Å². The lowest BCUT2D eigenvalue weighted by atomic mass is 9.86. The molecule has 78 valence electrons. The molecule has 1 fully saturated rings. The monoisotopic (exact) mass is 276 g/mol. The van der Waals surface area contributed by atoms with E-state index in [2.05, 4.69) is 21.0 Å². The summed E-state index contributed by atoms with van der Waals surface area (Å²) in [7, 11) is 2.00. The van der Waals surface area contributed by atoms with Crippen LogP contribution in [0.25, 0.3) is 0 Å². The van der Waals surface area contributed by atoms with Gasteiger partial charge in [-0.25, -0.2) is 0 Å². The Morgan fingerprint density at radius 2 is 2.36 bits per heavy atom. The average Bonchev–Trinajstić information content (AvgIpc) is 2.46. The van der Waals surface area contributed by atoms with Crippen LogP contribution in [0.2, 0.25) is 0 Å². The van der Waals surface area contributed by atoms with Crippen molar-refractivity contribution in [2.75, 3.05) is 0 Å². The lowest BCUT2D eigenvalue weighted by Gasteiger charge is -2.25. The normalized spacial score (nSPS) is 27.9. The van der Waals surface area contributed by atoms with Crippen molar-refractivity contribution < 1.29 is 0 Å². The first-order chi connectivity index (χ1) is 6.68. The van der Waals surface area contributed by atoms with E-state index in [4.69, 9.17) is 11.6 Å². The van der Waals surface area contributed by atoms with Gasteiger partial charge in [-0.1, -0.05) is 6.42 Å². The average molecular weight is 278 g/mol. The highest BCUT2D eigenvalue weighted by Crippen LogP contribution is 2.37. The predicted molar refractivity (Wildman–Crippen MR) is 61.8 cm³/mol. The third kappa shape index (κ3) is 1.98. The maximum atomic E-state index is 6.19. The fraction of sp³-hybridized carbons (Fsp3) is 0.700. The van der Waals surface area contributed by atoms with E-state index in [0.29, 0.717) is 11.3 Å². The Kier molecular flexibility index (Phi) is 3.17. The van der Waals surface area contributed by atoms with Crippen molar-refractivity contribution in [2.45, 2.75) is 37.0 Å². The Balaban J connectivity index is 2.21. The fourth-order valence-corrected chi connectivity index (χ4v) is 3.30. The smallest absolute Gasteiger partial charge is 0.0635 e. The van der Waals surface area contributed by atoms with Gasteiger partial charge in [0, 0.05) is 18.3 Å². The van der Waals surface area contributed by atoms with Crippen LogP contribution in [0, 0.1) is 0 Å². The summed E-state index contributed by atoms with van der Waals surface area (Å²) in [6.45, 7) is 0. The molecule has 0 spiro atoms. The quantitative estimate of drug-likeness (QED) is 0.719. The Hall–Kier alpha value is -0.0200. The minimum atomic E-state index is 0.343. The molecule has 0 aromatic carbocycles. The van der Waals surface area contributed by atoms with Crippen LogP contribution in [0.3, 0.4) is 0 Å². The van der Waals surface area contributed by atoms with Crippen LogP contribution in [0.4, 0.5) is 0 Å². The minimum Gasteiger partial charge on any atom is -0.271 e. The highest BCUT2D eigenvalue weighted by Gasteiger charge is 2.25. The van der Waals surface area contributed by atoms with Crippen molar-refractivity contribution in [1.29, 1.82) is 0 Å². The van der Waals surface area contributed by atoms with Gasteiger partial charge in [0.25, 0.3) is 0 Å². The molecule has 1 aromatic heterocycles. The van der Waals surface area contributed by atoms with Crippen molar-refractivity contribution in [3.63, 3.8) is 0 Å². The van der Waals surface area contributed by atoms with Crippen LogP contribution in [-0.2, 0) is 7.05 Å². The molecule has 2 nitrogen and oxygen atoms in total. The second kappa shape index (κ2) is 4.23. The molecule has 1 aliphatic carbocycles. The molecule has 2 atom stereocenters. The summed E-state index contributed by atoms with van der Waals surface area (Å²) in [5.41, 5.74) is 1.30. The Labute approximate surface area is 97.8 Å². The number of alkyl halides is 1. The summed E-state index contributed by atoms with van der Waals surface area (Å²) < 4.78 is 3.08. The van der Waals surface area contributed by atoms with Crippen LogP contribution < -0.4 is 0 Å². The largest absolute Gasteiger partial charge is 0.271 e. The van der Waals surface area contributed by atoms with Gasteiger partial charge in [0.15, 0.2) is 0 Å². The summed E-state index contributed by atoms with van der Waals surface area (Å²) in [6, 6.07) is 0. The van der Waals surface area contributed by atoms with E-state index in [1.807, 2.05) is 17.9 Å². The zero-order valence-corrected chi connectivity index (χ0v) is 10.6. The summed E-state index contributed by atoms with van der Waals surface area (Å²) >= 11 is 9.73. The molecule has 1 aromatic rings. The first kappa shape index (κ1) is 10.5. The number of aryl methyl sites for hydroxylation is 1. The highest BCUT2D eigenvalue weighted by molar-refractivity contribution is 9.10. The first-order valence-electron chi connectivity index (χ1n) is 5.00. The van der Waals surface area contributed by atoms with Crippen LogP contribution in [-0.4, -0.2) is 15.2 Å². The van der Waals surface area contributed by atoms with Gasteiger partial charge in [0.1, 0.15) is 0 Å². The maximum Gasteiger partial charge on any atom is 0.0635 e. The first-order valence-corrected chi connectivity index (χ1v) is 6.23. The number of halogens is 2. The third-order valence-electron chi connectivity index (χ3n) is 2.93. The molecule has 0 aliphatic heterocycles. The van der Waals surface area contributed by atoms with Crippen molar-refractivity contribution in [3.05, 3.63) is 16.4 Å². The minimum absolute atomic E-state index is 0.343. The van der Waals surface area contributed by atoms with E-state index >= 15 is 0 Å². The molecule has 0 N–H and O–H groups in total. The Morgan fingerprint density at radius 1 is 1.57 bits per heavy atom. The Bertz CT molecular complexity index is 304. The van der Waals surface area contributed by atoms with E-state index < -0.39 is 0 Å². The van der Waals surface area contributed by atoms with Crippen LogP contribution >= 0.6 is 27.5 Å². The standard InChI is InChI=1S/C10H14BrClN2/c1-14-10(9(11)6-13-14)7-3-2-4-8(12)5-7/h6-8H,2-5H2,1H3. The lowest BCUT2D eigenvalue weighted by Crippen LogP contribution is -2.16. The molecule has 4 heteroatoms. The zero-order valence-electron chi connectivity index (χ0n) is 8.21. The van der Waals surface area contributed by atoms with Gasteiger partial charge in [-0.05, 0) is 35.2 Å². The van der Waals surface area contributed by atoms with E-state index in [-0.39, 0.29) is 0 Å². The molecular formula is C10H14BrClN2. The number of hydrogen-bond acceptors (Lipinski definition) is 1. The van der Waals surface area contributed by atoms with E-state index in [1.165, 1.54) is 18.5 Å². The van der Waals surface area contributed by atoms with Gasteiger partial charge in [-0.15, -0.1) is 11.6 Å². The second-order valence-electron chi connectivity index (χ2n) is 3.96. The summed E-state index contributed by atoms with van der Waals surface area (Å²) in [5, 5.41) is 4.59. The molecule has 1 aliphatic rings. The fourth-order valence-electron chi connectivity index (χ4n) is 2.26. The van der Waals surface area contributed by atoms with Crippen LogP contribution in [0.15, 0.2) is 10.7 Å². The Morgan fingerprint density at radius 3 is 2.93 bits per heavy atom. The van der Waals surface area contributed by atoms with Gasteiger partial charge >= 0.3 is 0 Å². The van der Waals surface area contributed by atoms with E-state index in [1.54, 1.807) is 0 Å². The molecule has 2 rings (SSSR count). The van der Waals surface area contributed by atoms with Crippen molar-refractivity contribution in [1.82, 2.24) is 9.78 Å². The molecule has 0 saturated heterocycles. The highest BCUT2D eigenvalue weighted by atomic mass is 79.9. The van der Waals surface area contributed by atoms with Gasteiger partial charge in [-0.3, -0.25) is 4.68 Å². The summed E-state index contributed by atoms with van der Waals surface area (Å²) in [5.74, 6) is 0.577.